The summed E-state index contributed by atoms with van der Waals surface area (Å²) in [6.45, 7) is 4.13. The Balaban J connectivity index is 3.97. The molecule has 268 valence electrons. The average Bonchev–Trinajstić information content (AvgIpc) is 3.06. The largest absolute Gasteiger partial charge is 0.508 e. The van der Waals surface area contributed by atoms with Crippen LogP contribution < -0.4 is 0 Å². The zero-order valence-corrected chi connectivity index (χ0v) is 30.0. The number of hydrogen-bond donors (Lipinski definition) is 0. The van der Waals surface area contributed by atoms with E-state index >= 15 is 0 Å². The van der Waals surface area contributed by atoms with Crippen LogP contribution in [-0.2, 0) is 28.5 Å². The summed E-state index contributed by atoms with van der Waals surface area (Å²) in [5.74, 6) is -0.708. The summed E-state index contributed by atoms with van der Waals surface area (Å²) in [4.78, 5) is 36.1. The quantitative estimate of drug-likeness (QED) is 0.0302. The monoisotopic (exact) mass is 651 g/mol. The molecule has 0 saturated heterocycles. The first-order chi connectivity index (χ1) is 22.5. The van der Waals surface area contributed by atoms with Crippen LogP contribution in [0, 0.1) is 0 Å². The topological polar surface area (TPSA) is 88.1 Å². The molecule has 46 heavy (non-hydrogen) atoms. The minimum absolute atomic E-state index is 0.140. The van der Waals surface area contributed by atoms with Gasteiger partial charge in [0.15, 0.2) is 6.10 Å². The van der Waals surface area contributed by atoms with E-state index in [9.17, 15) is 14.4 Å². The number of unbranched alkanes of at least 4 members (excludes halogenated alkanes) is 20. The molecule has 0 rings (SSSR count). The van der Waals surface area contributed by atoms with Crippen LogP contribution in [0.15, 0.2) is 24.3 Å². The van der Waals surface area contributed by atoms with E-state index in [2.05, 4.69) is 42.9 Å². The maximum atomic E-state index is 12.4. The first-order valence-corrected chi connectivity index (χ1v) is 18.9. The van der Waals surface area contributed by atoms with Crippen LogP contribution in [-0.4, -0.2) is 44.5 Å². The lowest BCUT2D eigenvalue weighted by Gasteiger charge is -2.17. The Morgan fingerprint density at radius 1 is 0.478 bits per heavy atom. The molecular formula is C39H70O7. The Labute approximate surface area is 282 Å². The van der Waals surface area contributed by atoms with Crippen molar-refractivity contribution in [3.05, 3.63) is 24.3 Å². The average molecular weight is 651 g/mol. The summed E-state index contributed by atoms with van der Waals surface area (Å²) in [6.07, 6.45) is 36.3. The van der Waals surface area contributed by atoms with Crippen molar-refractivity contribution in [2.45, 2.75) is 187 Å². The summed E-state index contributed by atoms with van der Waals surface area (Å²) < 4.78 is 20.3. The molecule has 0 aliphatic rings. The molecule has 1 unspecified atom stereocenters. The molecule has 0 aromatic carbocycles. The van der Waals surface area contributed by atoms with Crippen molar-refractivity contribution >= 4 is 18.1 Å². The van der Waals surface area contributed by atoms with Gasteiger partial charge in [0.2, 0.25) is 0 Å². The first-order valence-electron chi connectivity index (χ1n) is 18.9. The van der Waals surface area contributed by atoms with Crippen molar-refractivity contribution in [1.29, 1.82) is 0 Å². The number of esters is 2. The van der Waals surface area contributed by atoms with E-state index in [-0.39, 0.29) is 31.6 Å². The van der Waals surface area contributed by atoms with Crippen molar-refractivity contribution in [2.75, 3.05) is 20.3 Å². The fraction of sp³-hybridized carbons (Fsp3) is 0.821. The fourth-order valence-corrected chi connectivity index (χ4v) is 5.17. The molecule has 0 aromatic rings. The summed E-state index contributed by atoms with van der Waals surface area (Å²) in [5, 5.41) is 0. The Morgan fingerprint density at radius 2 is 0.848 bits per heavy atom. The van der Waals surface area contributed by atoms with Gasteiger partial charge < -0.3 is 18.9 Å². The molecule has 0 spiro atoms. The number of hydrogen-bond acceptors (Lipinski definition) is 7. The minimum atomic E-state index is -0.869. The molecule has 7 heteroatoms. The van der Waals surface area contributed by atoms with Crippen LogP contribution in [0.25, 0.3) is 0 Å². The molecule has 7 nitrogen and oxygen atoms in total. The smallest absolute Gasteiger partial charge is 0.462 e. The van der Waals surface area contributed by atoms with Crippen molar-refractivity contribution in [1.82, 2.24) is 0 Å². The molecule has 0 N–H and O–H groups in total. The zero-order valence-electron chi connectivity index (χ0n) is 30.0. The highest BCUT2D eigenvalue weighted by Gasteiger charge is 2.19. The fourth-order valence-electron chi connectivity index (χ4n) is 5.17. The summed E-state index contributed by atoms with van der Waals surface area (Å²) >= 11 is 0. The van der Waals surface area contributed by atoms with Crippen LogP contribution in [0.4, 0.5) is 4.79 Å². The third kappa shape index (κ3) is 33.1. The molecule has 0 aliphatic heterocycles. The van der Waals surface area contributed by atoms with E-state index in [4.69, 9.17) is 14.2 Å². The maximum absolute atomic E-state index is 12.4. The lowest BCUT2D eigenvalue weighted by molar-refractivity contribution is -0.162. The van der Waals surface area contributed by atoms with Gasteiger partial charge in [0.05, 0.1) is 7.11 Å². The van der Waals surface area contributed by atoms with Crippen LogP contribution in [0.5, 0.6) is 0 Å². The molecule has 0 heterocycles. The normalized spacial score (nSPS) is 12.1. The summed E-state index contributed by atoms with van der Waals surface area (Å²) in [7, 11) is 1.21. The SMILES string of the molecule is CCCCCCC=CCCCCCCCC(=O)OC(COC(=O)CCCCCCC/C=C\CCCCCCCC)COC(=O)OC. The van der Waals surface area contributed by atoms with Crippen molar-refractivity contribution in [3.8, 4) is 0 Å². The lowest BCUT2D eigenvalue weighted by atomic mass is 10.1. The van der Waals surface area contributed by atoms with Gasteiger partial charge >= 0.3 is 18.1 Å². The van der Waals surface area contributed by atoms with Gasteiger partial charge in [0, 0.05) is 12.8 Å². The first kappa shape index (κ1) is 43.7. The van der Waals surface area contributed by atoms with E-state index in [1.807, 2.05) is 0 Å². The molecule has 0 radical (unpaired) electrons. The molecule has 0 fully saturated rings. The number of methoxy groups -OCH3 is 1. The Hall–Kier alpha value is -2.31. The van der Waals surface area contributed by atoms with E-state index in [0.717, 1.165) is 64.2 Å². The lowest BCUT2D eigenvalue weighted by Crippen LogP contribution is -2.30. The standard InChI is InChI=1S/C39H70O7/c1-4-6-8-10-12-14-16-18-19-21-22-24-26-28-30-32-37(40)44-34-36(35-45-39(42)43-3)46-38(41)33-31-29-27-25-23-20-17-15-13-11-9-7-5-2/h15,17-19,36H,4-14,16,20-35H2,1-3H3/b17-15?,19-18-. The Kier molecular flexibility index (Phi) is 33.8. The number of allylic oxidation sites excluding steroid dienone is 4. The van der Waals surface area contributed by atoms with Crippen LogP contribution >= 0.6 is 0 Å². The summed E-state index contributed by atoms with van der Waals surface area (Å²) in [5.41, 5.74) is 0. The van der Waals surface area contributed by atoms with Gasteiger partial charge in [-0.25, -0.2) is 4.79 Å². The second-order valence-electron chi connectivity index (χ2n) is 12.5. The zero-order chi connectivity index (χ0) is 33.8. The molecule has 1 atom stereocenters. The van der Waals surface area contributed by atoms with Gasteiger partial charge in [-0.2, -0.15) is 0 Å². The van der Waals surface area contributed by atoms with Gasteiger partial charge in [-0.1, -0.05) is 128 Å². The highest BCUT2D eigenvalue weighted by atomic mass is 16.7. The molecule has 0 aromatic heterocycles. The molecular weight excluding hydrogens is 580 g/mol. The van der Waals surface area contributed by atoms with Gasteiger partial charge in [-0.05, 0) is 64.2 Å². The minimum Gasteiger partial charge on any atom is -0.462 e. The van der Waals surface area contributed by atoms with Crippen molar-refractivity contribution in [3.63, 3.8) is 0 Å². The van der Waals surface area contributed by atoms with E-state index in [0.29, 0.717) is 6.42 Å². The third-order valence-electron chi connectivity index (χ3n) is 8.07. The van der Waals surface area contributed by atoms with Gasteiger partial charge in [-0.15, -0.1) is 0 Å². The number of rotatable bonds is 33. The molecule has 0 saturated carbocycles. The molecule has 0 bridgehead atoms. The van der Waals surface area contributed by atoms with E-state index in [1.165, 1.54) is 97.0 Å². The summed E-state index contributed by atoms with van der Waals surface area (Å²) in [6, 6.07) is 0. The third-order valence-corrected chi connectivity index (χ3v) is 8.07. The second-order valence-corrected chi connectivity index (χ2v) is 12.5. The number of carbonyl (C=O) groups excluding carboxylic acids is 3. The molecule has 0 amide bonds. The highest BCUT2D eigenvalue weighted by Crippen LogP contribution is 2.12. The maximum Gasteiger partial charge on any atom is 0.508 e. The predicted octanol–water partition coefficient (Wildman–Crippen LogP) is 11.5. The van der Waals surface area contributed by atoms with Crippen LogP contribution in [0.2, 0.25) is 0 Å². The highest BCUT2D eigenvalue weighted by molar-refractivity contribution is 5.70. The van der Waals surface area contributed by atoms with Gasteiger partial charge in [-0.3, -0.25) is 9.59 Å². The Morgan fingerprint density at radius 3 is 1.30 bits per heavy atom. The van der Waals surface area contributed by atoms with Gasteiger partial charge in [0.1, 0.15) is 13.2 Å². The van der Waals surface area contributed by atoms with Crippen LogP contribution in [0.1, 0.15) is 181 Å². The van der Waals surface area contributed by atoms with Crippen molar-refractivity contribution < 1.29 is 33.3 Å². The van der Waals surface area contributed by atoms with Crippen LogP contribution in [0.3, 0.4) is 0 Å². The van der Waals surface area contributed by atoms with Gasteiger partial charge in [0.25, 0.3) is 0 Å². The predicted molar refractivity (Wildman–Crippen MR) is 189 cm³/mol. The van der Waals surface area contributed by atoms with E-state index < -0.39 is 12.3 Å². The second kappa shape index (κ2) is 35.5. The molecule has 0 aliphatic carbocycles. The number of carbonyl (C=O) groups is 3. The number of ether oxygens (including phenoxy) is 4. The van der Waals surface area contributed by atoms with E-state index in [1.54, 1.807) is 0 Å². The van der Waals surface area contributed by atoms with Crippen molar-refractivity contribution in [2.24, 2.45) is 0 Å². The Bertz CT molecular complexity index is 761.